The second-order valence-electron chi connectivity index (χ2n) is 5.00. The standard InChI is InChI=1S/C13H17BrN2O3S.ClH/c1-20(18,19)8-6-11(15)13(17)16-7-5-9-10(14)3-2-4-12(9)16;/h2-4,11H,5-8,15H2,1H3;1H. The Balaban J connectivity index is 0.00000220. The number of sulfone groups is 1. The fraction of sp³-hybridized carbons (Fsp3) is 0.462. The molecule has 1 unspecified atom stereocenters. The number of rotatable bonds is 4. The minimum Gasteiger partial charge on any atom is -0.320 e. The van der Waals surface area contributed by atoms with E-state index in [4.69, 9.17) is 5.73 Å². The Labute approximate surface area is 139 Å². The lowest BCUT2D eigenvalue weighted by Crippen LogP contribution is -2.44. The second-order valence-corrected chi connectivity index (χ2v) is 8.12. The topological polar surface area (TPSA) is 80.5 Å². The summed E-state index contributed by atoms with van der Waals surface area (Å²) in [7, 11) is -3.10. The monoisotopic (exact) mass is 396 g/mol. The highest BCUT2D eigenvalue weighted by molar-refractivity contribution is 9.10. The molecule has 0 spiro atoms. The van der Waals surface area contributed by atoms with Crippen molar-refractivity contribution < 1.29 is 13.2 Å². The number of anilines is 1. The van der Waals surface area contributed by atoms with Gasteiger partial charge in [-0.3, -0.25) is 4.79 Å². The normalized spacial score (nSPS) is 15.3. The van der Waals surface area contributed by atoms with Gasteiger partial charge in [0.25, 0.3) is 0 Å². The summed E-state index contributed by atoms with van der Waals surface area (Å²) < 4.78 is 23.3. The van der Waals surface area contributed by atoms with Gasteiger partial charge < -0.3 is 10.6 Å². The van der Waals surface area contributed by atoms with Crippen molar-refractivity contribution in [2.45, 2.75) is 18.9 Å². The van der Waals surface area contributed by atoms with Gasteiger partial charge in [-0.05, 0) is 30.5 Å². The van der Waals surface area contributed by atoms with Crippen LogP contribution in [0.25, 0.3) is 0 Å². The maximum atomic E-state index is 12.3. The quantitative estimate of drug-likeness (QED) is 0.835. The molecule has 2 N–H and O–H groups in total. The number of carbonyl (C=O) groups excluding carboxylic acids is 1. The molecule has 118 valence electrons. The number of amides is 1. The Morgan fingerprint density at radius 2 is 2.14 bits per heavy atom. The van der Waals surface area contributed by atoms with Crippen LogP contribution < -0.4 is 10.6 Å². The summed E-state index contributed by atoms with van der Waals surface area (Å²) in [6, 6.07) is 4.91. The number of fused-ring (bicyclic) bond motifs is 1. The number of nitrogens with zero attached hydrogens (tertiary/aromatic N) is 1. The van der Waals surface area contributed by atoms with Crippen molar-refractivity contribution in [2.24, 2.45) is 5.73 Å². The van der Waals surface area contributed by atoms with Crippen molar-refractivity contribution in [1.29, 1.82) is 0 Å². The van der Waals surface area contributed by atoms with E-state index in [1.807, 2.05) is 18.2 Å². The van der Waals surface area contributed by atoms with E-state index in [2.05, 4.69) is 15.9 Å². The minimum atomic E-state index is -3.10. The number of hydrogen-bond donors (Lipinski definition) is 1. The van der Waals surface area contributed by atoms with Gasteiger partial charge >= 0.3 is 0 Å². The summed E-state index contributed by atoms with van der Waals surface area (Å²) in [6.45, 7) is 0.587. The minimum absolute atomic E-state index is 0. The van der Waals surface area contributed by atoms with Crippen LogP contribution in [0.5, 0.6) is 0 Å². The summed E-state index contributed by atoms with van der Waals surface area (Å²) in [6.07, 6.45) is 2.07. The molecule has 1 aromatic carbocycles. The predicted molar refractivity (Wildman–Crippen MR) is 89.8 cm³/mol. The number of nitrogens with two attached hydrogens (primary N) is 1. The average Bonchev–Trinajstić information content (AvgIpc) is 2.79. The molecule has 1 atom stereocenters. The van der Waals surface area contributed by atoms with Crippen LogP contribution in [-0.4, -0.2) is 38.9 Å². The molecule has 0 fully saturated rings. The molecule has 0 aliphatic carbocycles. The van der Waals surface area contributed by atoms with E-state index in [0.717, 1.165) is 28.4 Å². The zero-order valence-corrected chi connectivity index (χ0v) is 14.8. The van der Waals surface area contributed by atoms with E-state index >= 15 is 0 Å². The van der Waals surface area contributed by atoms with Gasteiger partial charge in [-0.2, -0.15) is 0 Å². The largest absolute Gasteiger partial charge is 0.320 e. The van der Waals surface area contributed by atoms with Crippen molar-refractivity contribution in [3.63, 3.8) is 0 Å². The molecule has 0 radical (unpaired) electrons. The van der Waals surface area contributed by atoms with Gasteiger partial charge in [-0.15, -0.1) is 12.4 Å². The van der Waals surface area contributed by atoms with Crippen LogP contribution in [0.15, 0.2) is 22.7 Å². The molecule has 0 saturated carbocycles. The summed E-state index contributed by atoms with van der Waals surface area (Å²) in [5.74, 6) is -0.287. The molecule has 0 aromatic heterocycles. The number of hydrogen-bond acceptors (Lipinski definition) is 4. The highest BCUT2D eigenvalue weighted by Gasteiger charge is 2.29. The molecule has 1 heterocycles. The van der Waals surface area contributed by atoms with Crippen LogP contribution in [0, 0.1) is 0 Å². The molecule has 1 amide bonds. The predicted octanol–water partition coefficient (Wildman–Crippen LogP) is 1.52. The van der Waals surface area contributed by atoms with Gasteiger partial charge in [0.1, 0.15) is 9.84 Å². The van der Waals surface area contributed by atoms with Crippen molar-refractivity contribution in [3.8, 4) is 0 Å². The maximum absolute atomic E-state index is 12.3. The molecule has 1 aliphatic heterocycles. The van der Waals surface area contributed by atoms with Gasteiger partial charge in [-0.25, -0.2) is 8.42 Å². The zero-order chi connectivity index (χ0) is 14.9. The van der Waals surface area contributed by atoms with E-state index in [1.54, 1.807) is 4.90 Å². The third kappa shape index (κ3) is 4.42. The summed E-state index contributed by atoms with van der Waals surface area (Å²) >= 11 is 3.47. The lowest BCUT2D eigenvalue weighted by atomic mass is 10.1. The van der Waals surface area contributed by atoms with Crippen LogP contribution in [0.3, 0.4) is 0 Å². The third-order valence-corrected chi connectivity index (χ3v) is 5.07. The molecule has 0 bridgehead atoms. The molecule has 21 heavy (non-hydrogen) atoms. The smallest absolute Gasteiger partial charge is 0.243 e. The fourth-order valence-corrected chi connectivity index (χ4v) is 3.52. The average molecular weight is 398 g/mol. The second kappa shape index (κ2) is 7.09. The van der Waals surface area contributed by atoms with E-state index in [1.165, 1.54) is 0 Å². The van der Waals surface area contributed by atoms with Crippen molar-refractivity contribution in [1.82, 2.24) is 0 Å². The van der Waals surface area contributed by atoms with Gasteiger partial charge in [0.05, 0.1) is 11.8 Å². The first-order chi connectivity index (χ1) is 9.29. The Morgan fingerprint density at radius 1 is 1.48 bits per heavy atom. The van der Waals surface area contributed by atoms with Crippen molar-refractivity contribution in [2.75, 3.05) is 23.5 Å². The van der Waals surface area contributed by atoms with Crippen LogP contribution in [0.1, 0.15) is 12.0 Å². The van der Waals surface area contributed by atoms with Gasteiger partial charge in [-0.1, -0.05) is 22.0 Å². The van der Waals surface area contributed by atoms with E-state index < -0.39 is 15.9 Å². The van der Waals surface area contributed by atoms with Crippen molar-refractivity contribution >= 4 is 49.8 Å². The Kier molecular flexibility index (Phi) is 6.22. The molecule has 8 heteroatoms. The van der Waals surface area contributed by atoms with Crippen LogP contribution >= 0.6 is 28.3 Å². The van der Waals surface area contributed by atoms with Crippen molar-refractivity contribution in [3.05, 3.63) is 28.2 Å². The van der Waals surface area contributed by atoms with E-state index in [0.29, 0.717) is 6.54 Å². The molecule has 5 nitrogen and oxygen atoms in total. The Morgan fingerprint density at radius 3 is 2.76 bits per heavy atom. The SMILES string of the molecule is CS(=O)(=O)CCC(N)C(=O)N1CCc2c(Br)cccc21.Cl. The highest BCUT2D eigenvalue weighted by atomic mass is 79.9. The first kappa shape index (κ1) is 18.4. The number of halogens is 2. The summed E-state index contributed by atoms with van der Waals surface area (Å²) in [4.78, 5) is 14.0. The first-order valence-electron chi connectivity index (χ1n) is 6.31. The third-order valence-electron chi connectivity index (χ3n) is 3.35. The van der Waals surface area contributed by atoms with E-state index in [-0.39, 0.29) is 30.5 Å². The molecular weight excluding hydrogens is 380 g/mol. The Hall–Kier alpha value is -0.630. The van der Waals surface area contributed by atoms with Crippen LogP contribution in [0.4, 0.5) is 5.69 Å². The molecular formula is C13H18BrClN2O3S. The van der Waals surface area contributed by atoms with Gasteiger partial charge in [0, 0.05) is 23.0 Å². The first-order valence-corrected chi connectivity index (χ1v) is 9.17. The van der Waals surface area contributed by atoms with E-state index in [9.17, 15) is 13.2 Å². The zero-order valence-electron chi connectivity index (χ0n) is 11.6. The summed E-state index contributed by atoms with van der Waals surface area (Å²) in [5.41, 5.74) is 7.79. The van der Waals surface area contributed by atoms with Gasteiger partial charge in [0.2, 0.25) is 5.91 Å². The van der Waals surface area contributed by atoms with Crippen LogP contribution in [-0.2, 0) is 21.1 Å². The fourth-order valence-electron chi connectivity index (χ4n) is 2.29. The number of benzene rings is 1. The molecule has 1 aromatic rings. The van der Waals surface area contributed by atoms with Gasteiger partial charge in [0.15, 0.2) is 0 Å². The van der Waals surface area contributed by atoms with Crippen LogP contribution in [0.2, 0.25) is 0 Å². The molecule has 1 aliphatic rings. The maximum Gasteiger partial charge on any atom is 0.243 e. The lowest BCUT2D eigenvalue weighted by Gasteiger charge is -2.21. The highest BCUT2D eigenvalue weighted by Crippen LogP contribution is 2.33. The lowest BCUT2D eigenvalue weighted by molar-refractivity contribution is -0.119. The Bertz CT molecular complexity index is 636. The molecule has 2 rings (SSSR count). The summed E-state index contributed by atoms with van der Waals surface area (Å²) in [5, 5.41) is 0. The molecule has 0 saturated heterocycles. The number of carbonyl (C=O) groups is 1.